The van der Waals surface area contributed by atoms with E-state index < -0.39 is 36.0 Å². The smallest absolute Gasteiger partial charge is 0.315 e. The summed E-state index contributed by atoms with van der Waals surface area (Å²) in [7, 11) is 0. The van der Waals surface area contributed by atoms with E-state index in [1.807, 2.05) is 0 Å². The summed E-state index contributed by atoms with van der Waals surface area (Å²) < 4.78 is 10.1. The topological polar surface area (TPSA) is 94.6 Å². The zero-order valence-corrected chi connectivity index (χ0v) is 14.3. The molecule has 1 N–H and O–H groups in total. The quantitative estimate of drug-likeness (QED) is 0.488. The largest absolute Gasteiger partial charge is 0.460 e. The summed E-state index contributed by atoms with van der Waals surface area (Å²) >= 11 is 0. The van der Waals surface area contributed by atoms with Crippen LogP contribution in [-0.4, -0.2) is 28.4 Å². The zero-order chi connectivity index (χ0) is 18.3. The van der Waals surface area contributed by atoms with Crippen molar-refractivity contribution in [2.24, 2.45) is 0 Å². The van der Waals surface area contributed by atoms with Gasteiger partial charge in [-0.1, -0.05) is 6.58 Å². The van der Waals surface area contributed by atoms with Gasteiger partial charge in [0.15, 0.2) is 0 Å². The van der Waals surface area contributed by atoms with Gasteiger partial charge in [-0.2, -0.15) is 0 Å². The van der Waals surface area contributed by atoms with Gasteiger partial charge in [-0.15, -0.1) is 0 Å². The van der Waals surface area contributed by atoms with Crippen molar-refractivity contribution in [3.63, 3.8) is 0 Å². The predicted octanol–water partition coefficient (Wildman–Crippen LogP) is 2.54. The first-order chi connectivity index (χ1) is 11.1. The molecule has 0 saturated heterocycles. The number of aromatic nitrogens is 1. The number of pyridine rings is 1. The third-order valence-corrected chi connectivity index (χ3v) is 2.61. The molecule has 1 atom stereocenters. The van der Waals surface area contributed by atoms with Crippen LogP contribution in [0.25, 0.3) is 0 Å². The highest BCUT2D eigenvalue weighted by Crippen LogP contribution is 2.19. The molecule has 0 radical (unpaired) electrons. The molecule has 1 heterocycles. The van der Waals surface area contributed by atoms with Crippen LogP contribution >= 0.6 is 0 Å². The minimum atomic E-state index is -0.645. The molecule has 7 heteroatoms. The Morgan fingerprint density at radius 3 is 2.46 bits per heavy atom. The first-order valence-electron chi connectivity index (χ1n) is 7.38. The Bertz CT molecular complexity index is 617. The molecular formula is C17H22N2O5. The van der Waals surface area contributed by atoms with Crippen LogP contribution in [0.15, 0.2) is 31.0 Å². The van der Waals surface area contributed by atoms with Crippen molar-refractivity contribution in [1.82, 2.24) is 4.98 Å². The maximum atomic E-state index is 11.8. The van der Waals surface area contributed by atoms with Gasteiger partial charge in [-0.3, -0.25) is 14.4 Å². The highest BCUT2D eigenvalue weighted by molar-refractivity contribution is 6.01. The molecule has 0 aromatic carbocycles. The van der Waals surface area contributed by atoms with Gasteiger partial charge >= 0.3 is 11.9 Å². The lowest BCUT2D eigenvalue weighted by Crippen LogP contribution is -2.27. The molecule has 130 valence electrons. The zero-order valence-electron chi connectivity index (χ0n) is 14.3. The van der Waals surface area contributed by atoms with Crippen LogP contribution in [-0.2, 0) is 23.9 Å². The molecule has 0 aliphatic carbocycles. The van der Waals surface area contributed by atoms with Crippen LogP contribution in [0.5, 0.6) is 0 Å². The molecule has 1 rings (SSSR count). The van der Waals surface area contributed by atoms with Crippen LogP contribution in [0.4, 0.5) is 5.82 Å². The van der Waals surface area contributed by atoms with E-state index in [0.29, 0.717) is 5.56 Å². The second-order valence-corrected chi connectivity index (χ2v) is 6.05. The third-order valence-electron chi connectivity index (χ3n) is 2.61. The van der Waals surface area contributed by atoms with Gasteiger partial charge < -0.3 is 14.8 Å². The van der Waals surface area contributed by atoms with Crippen LogP contribution in [0, 0.1) is 0 Å². The summed E-state index contributed by atoms with van der Waals surface area (Å²) in [6.45, 7) is 10.1. The molecular weight excluding hydrogens is 312 g/mol. The number of nitrogens with zero attached hydrogens (tertiary/aromatic N) is 1. The van der Waals surface area contributed by atoms with E-state index in [2.05, 4.69) is 16.9 Å². The maximum Gasteiger partial charge on any atom is 0.315 e. The molecule has 0 aliphatic heterocycles. The minimum absolute atomic E-state index is 0.276. The number of rotatable bonds is 6. The third kappa shape index (κ3) is 7.04. The highest BCUT2D eigenvalue weighted by Gasteiger charge is 2.19. The van der Waals surface area contributed by atoms with Crippen molar-refractivity contribution in [3.8, 4) is 0 Å². The molecule has 1 unspecified atom stereocenters. The Morgan fingerprint density at radius 2 is 2.00 bits per heavy atom. The van der Waals surface area contributed by atoms with Crippen molar-refractivity contribution in [2.45, 2.75) is 45.8 Å². The lowest BCUT2D eigenvalue weighted by atomic mass is 10.1. The Morgan fingerprint density at radius 1 is 1.33 bits per heavy atom. The molecule has 0 saturated carbocycles. The molecule has 0 spiro atoms. The first kappa shape index (κ1) is 19.3. The number of nitrogens with one attached hydrogen (secondary N) is 1. The summed E-state index contributed by atoms with van der Waals surface area (Å²) in [5, 5.41) is 2.50. The van der Waals surface area contributed by atoms with Crippen LogP contribution < -0.4 is 5.32 Å². The van der Waals surface area contributed by atoms with E-state index in [-0.39, 0.29) is 5.82 Å². The molecule has 1 aromatic rings. The Kier molecular flexibility index (Phi) is 6.64. The van der Waals surface area contributed by atoms with E-state index in [1.54, 1.807) is 32.9 Å². The first-order valence-corrected chi connectivity index (χ1v) is 7.38. The summed E-state index contributed by atoms with van der Waals surface area (Å²) in [6, 6.07) is 3.19. The lowest BCUT2D eigenvalue weighted by molar-refractivity contribution is -0.156. The van der Waals surface area contributed by atoms with E-state index in [4.69, 9.17) is 9.47 Å². The SMILES string of the molecule is C=CC(OC(C)=O)c1ccc(NC(=O)CC(=O)OC(C)(C)C)nc1. The van der Waals surface area contributed by atoms with Crippen molar-refractivity contribution in [3.05, 3.63) is 36.5 Å². The van der Waals surface area contributed by atoms with Gasteiger partial charge in [0.05, 0.1) is 0 Å². The summed E-state index contributed by atoms with van der Waals surface area (Å²) in [4.78, 5) is 38.4. The molecule has 1 aromatic heterocycles. The Balaban J connectivity index is 2.63. The Hall–Kier alpha value is -2.70. The molecule has 0 fully saturated rings. The monoisotopic (exact) mass is 334 g/mol. The fraction of sp³-hybridized carbons (Fsp3) is 0.412. The average Bonchev–Trinajstić information content (AvgIpc) is 2.43. The second-order valence-electron chi connectivity index (χ2n) is 6.05. The number of ether oxygens (including phenoxy) is 2. The normalized spacial score (nSPS) is 12.0. The van der Waals surface area contributed by atoms with Crippen molar-refractivity contribution in [2.75, 3.05) is 5.32 Å². The van der Waals surface area contributed by atoms with Gasteiger partial charge in [0.25, 0.3) is 0 Å². The van der Waals surface area contributed by atoms with Crippen LogP contribution in [0.3, 0.4) is 0 Å². The van der Waals surface area contributed by atoms with Gasteiger partial charge in [0.2, 0.25) is 5.91 Å². The van der Waals surface area contributed by atoms with Crippen molar-refractivity contribution < 1.29 is 23.9 Å². The van der Waals surface area contributed by atoms with E-state index in [0.717, 1.165) is 0 Å². The standard InChI is InChI=1S/C17H22N2O5/c1-6-13(23-11(2)20)12-7-8-14(18-10-12)19-15(21)9-16(22)24-17(3,4)5/h6-8,10,13H,1,9H2,2-5H3,(H,18,19,21). The van der Waals surface area contributed by atoms with Gasteiger partial charge in [-0.05, 0) is 39.0 Å². The average molecular weight is 334 g/mol. The fourth-order valence-corrected chi connectivity index (χ4v) is 1.77. The number of carbonyl (C=O) groups excluding carboxylic acids is 3. The number of hydrogen-bond acceptors (Lipinski definition) is 6. The summed E-state index contributed by atoms with van der Waals surface area (Å²) in [5.41, 5.74) is -0.0291. The molecule has 24 heavy (non-hydrogen) atoms. The number of esters is 2. The number of carbonyl (C=O) groups is 3. The van der Waals surface area contributed by atoms with E-state index >= 15 is 0 Å². The fourth-order valence-electron chi connectivity index (χ4n) is 1.77. The van der Waals surface area contributed by atoms with Crippen LogP contribution in [0.1, 0.15) is 45.8 Å². The van der Waals surface area contributed by atoms with Gasteiger partial charge in [0.1, 0.15) is 23.9 Å². The van der Waals surface area contributed by atoms with Crippen molar-refractivity contribution >= 4 is 23.7 Å². The molecule has 0 aliphatic rings. The van der Waals surface area contributed by atoms with Gasteiger partial charge in [-0.25, -0.2) is 4.98 Å². The van der Waals surface area contributed by atoms with E-state index in [1.165, 1.54) is 19.2 Å². The lowest BCUT2D eigenvalue weighted by Gasteiger charge is -2.19. The second kappa shape index (κ2) is 8.24. The molecule has 1 amide bonds. The summed E-state index contributed by atoms with van der Waals surface area (Å²) in [6.07, 6.45) is 1.92. The number of hydrogen-bond donors (Lipinski definition) is 1. The van der Waals surface area contributed by atoms with Crippen molar-refractivity contribution in [1.29, 1.82) is 0 Å². The number of amides is 1. The highest BCUT2D eigenvalue weighted by atomic mass is 16.6. The Labute approximate surface area is 141 Å². The predicted molar refractivity (Wildman–Crippen MR) is 88.0 cm³/mol. The molecule has 7 nitrogen and oxygen atoms in total. The summed E-state index contributed by atoms with van der Waals surface area (Å²) in [5.74, 6) is -1.30. The number of anilines is 1. The minimum Gasteiger partial charge on any atom is -0.460 e. The van der Waals surface area contributed by atoms with Crippen LogP contribution in [0.2, 0.25) is 0 Å². The van der Waals surface area contributed by atoms with Gasteiger partial charge in [0, 0.05) is 18.7 Å². The van der Waals surface area contributed by atoms with E-state index in [9.17, 15) is 14.4 Å². The maximum absolute atomic E-state index is 11.8. The molecule has 0 bridgehead atoms.